The number of ether oxygens (including phenoxy) is 1. The minimum Gasteiger partial charge on any atom is -0.405 e. The van der Waals surface area contributed by atoms with Gasteiger partial charge in [-0.15, -0.1) is 16.9 Å². The van der Waals surface area contributed by atoms with E-state index in [4.69, 9.17) is 9.15 Å². The van der Waals surface area contributed by atoms with Crippen molar-refractivity contribution in [2.75, 3.05) is 18.2 Å². The van der Waals surface area contributed by atoms with Gasteiger partial charge in [-0.3, -0.25) is 10.1 Å². The molecule has 0 bridgehead atoms. The Morgan fingerprint density at radius 2 is 2.14 bits per heavy atom. The van der Waals surface area contributed by atoms with Crippen molar-refractivity contribution in [1.82, 2.24) is 10.2 Å². The van der Waals surface area contributed by atoms with Crippen molar-refractivity contribution in [2.24, 2.45) is 0 Å². The van der Waals surface area contributed by atoms with Crippen LogP contribution in [0.15, 0.2) is 33.6 Å². The fraction of sp³-hybridized carbons (Fsp3) is 0.357. The van der Waals surface area contributed by atoms with E-state index in [1.54, 1.807) is 23.9 Å². The van der Waals surface area contributed by atoms with Crippen LogP contribution in [-0.4, -0.2) is 29.0 Å². The number of thioether (sulfide) groups is 1. The van der Waals surface area contributed by atoms with Crippen molar-refractivity contribution in [2.45, 2.75) is 23.8 Å². The molecule has 2 heterocycles. The summed E-state index contributed by atoms with van der Waals surface area (Å²) >= 11 is 1.62. The van der Waals surface area contributed by atoms with Gasteiger partial charge in [0.05, 0.1) is 0 Å². The smallest absolute Gasteiger partial charge is 0.322 e. The SMILES string of the molecule is CSc1ccc(C(=O)Nc2nnc(C3CCCO3)o2)cc1. The molecule has 110 valence electrons. The number of rotatable bonds is 4. The van der Waals surface area contributed by atoms with Crippen LogP contribution in [0.1, 0.15) is 35.2 Å². The number of nitrogens with one attached hydrogen (secondary N) is 1. The Morgan fingerprint density at radius 1 is 1.33 bits per heavy atom. The van der Waals surface area contributed by atoms with Crippen LogP contribution in [0.3, 0.4) is 0 Å². The molecule has 1 saturated heterocycles. The number of aromatic nitrogens is 2. The molecule has 1 aromatic heterocycles. The Balaban J connectivity index is 1.66. The molecule has 0 spiro atoms. The van der Waals surface area contributed by atoms with Gasteiger partial charge in [-0.05, 0) is 43.4 Å². The van der Waals surface area contributed by atoms with Gasteiger partial charge in [0, 0.05) is 17.1 Å². The molecule has 2 aromatic rings. The highest BCUT2D eigenvalue weighted by Gasteiger charge is 2.24. The number of nitrogens with zero attached hydrogens (tertiary/aromatic N) is 2. The molecule has 1 aromatic carbocycles. The topological polar surface area (TPSA) is 77.2 Å². The molecular weight excluding hydrogens is 290 g/mol. The molecular formula is C14H15N3O3S. The number of carbonyl (C=O) groups excluding carboxylic acids is 1. The number of benzene rings is 1. The van der Waals surface area contributed by atoms with Crippen molar-refractivity contribution >= 4 is 23.7 Å². The van der Waals surface area contributed by atoms with Crippen molar-refractivity contribution in [3.63, 3.8) is 0 Å². The second-order valence-electron chi connectivity index (χ2n) is 4.63. The lowest BCUT2D eigenvalue weighted by Gasteiger charge is -2.03. The van der Waals surface area contributed by atoms with Crippen LogP contribution in [-0.2, 0) is 4.74 Å². The fourth-order valence-corrected chi connectivity index (χ4v) is 2.51. The van der Waals surface area contributed by atoms with Crippen molar-refractivity contribution in [3.8, 4) is 0 Å². The first-order valence-corrected chi connectivity index (χ1v) is 7.89. The van der Waals surface area contributed by atoms with E-state index in [1.165, 1.54) is 0 Å². The zero-order valence-electron chi connectivity index (χ0n) is 11.5. The highest BCUT2D eigenvalue weighted by Crippen LogP contribution is 2.28. The maximum Gasteiger partial charge on any atom is 0.322 e. The van der Waals surface area contributed by atoms with Gasteiger partial charge < -0.3 is 9.15 Å². The lowest BCUT2D eigenvalue weighted by atomic mass is 10.2. The summed E-state index contributed by atoms with van der Waals surface area (Å²) in [5.41, 5.74) is 0.546. The molecule has 1 unspecified atom stereocenters. The van der Waals surface area contributed by atoms with E-state index >= 15 is 0 Å². The molecule has 1 amide bonds. The molecule has 1 aliphatic rings. The highest BCUT2D eigenvalue weighted by molar-refractivity contribution is 7.98. The molecule has 7 heteroatoms. The second-order valence-corrected chi connectivity index (χ2v) is 5.51. The number of amides is 1. The number of carbonyl (C=O) groups is 1. The average molecular weight is 305 g/mol. The summed E-state index contributed by atoms with van der Waals surface area (Å²) in [5.74, 6) is 0.144. The first-order chi connectivity index (χ1) is 10.3. The Hall–Kier alpha value is -1.86. The maximum absolute atomic E-state index is 12.1. The van der Waals surface area contributed by atoms with Gasteiger partial charge in [0.25, 0.3) is 5.91 Å². The molecule has 6 nitrogen and oxygen atoms in total. The molecule has 1 fully saturated rings. The summed E-state index contributed by atoms with van der Waals surface area (Å²) in [4.78, 5) is 13.2. The second kappa shape index (κ2) is 6.28. The quantitative estimate of drug-likeness (QED) is 0.875. The molecule has 1 N–H and O–H groups in total. The van der Waals surface area contributed by atoms with Crippen LogP contribution < -0.4 is 5.32 Å². The molecule has 0 aliphatic carbocycles. The zero-order chi connectivity index (χ0) is 14.7. The maximum atomic E-state index is 12.1. The Morgan fingerprint density at radius 3 is 2.81 bits per heavy atom. The first-order valence-electron chi connectivity index (χ1n) is 6.66. The van der Waals surface area contributed by atoms with Crippen LogP contribution >= 0.6 is 11.8 Å². The molecule has 0 radical (unpaired) electrons. The van der Waals surface area contributed by atoms with Gasteiger partial charge in [-0.2, -0.15) is 0 Å². The van der Waals surface area contributed by atoms with Crippen LogP contribution in [0.5, 0.6) is 0 Å². The van der Waals surface area contributed by atoms with Crippen molar-refractivity contribution in [3.05, 3.63) is 35.7 Å². The van der Waals surface area contributed by atoms with E-state index < -0.39 is 0 Å². The lowest BCUT2D eigenvalue weighted by Crippen LogP contribution is -2.11. The van der Waals surface area contributed by atoms with Crippen molar-refractivity contribution in [1.29, 1.82) is 0 Å². The summed E-state index contributed by atoms with van der Waals surface area (Å²) < 4.78 is 10.9. The van der Waals surface area contributed by atoms with E-state index in [2.05, 4.69) is 15.5 Å². The summed E-state index contributed by atoms with van der Waals surface area (Å²) in [7, 11) is 0. The minimum absolute atomic E-state index is 0.0967. The van der Waals surface area contributed by atoms with Crippen molar-refractivity contribution < 1.29 is 13.9 Å². The van der Waals surface area contributed by atoms with E-state index in [-0.39, 0.29) is 18.0 Å². The molecule has 21 heavy (non-hydrogen) atoms. The van der Waals surface area contributed by atoms with Gasteiger partial charge in [0.1, 0.15) is 6.10 Å². The van der Waals surface area contributed by atoms with E-state index in [1.807, 2.05) is 18.4 Å². The third-order valence-corrected chi connectivity index (χ3v) is 3.96. The monoisotopic (exact) mass is 305 g/mol. The van der Waals surface area contributed by atoms with Gasteiger partial charge in [0.2, 0.25) is 5.89 Å². The zero-order valence-corrected chi connectivity index (χ0v) is 12.4. The van der Waals surface area contributed by atoms with Gasteiger partial charge in [0.15, 0.2) is 0 Å². The number of hydrogen-bond donors (Lipinski definition) is 1. The molecule has 3 rings (SSSR count). The van der Waals surface area contributed by atoms with E-state index in [0.717, 1.165) is 17.7 Å². The predicted octanol–water partition coefficient (Wildman–Crippen LogP) is 2.90. The average Bonchev–Trinajstić information content (AvgIpc) is 3.18. The van der Waals surface area contributed by atoms with E-state index in [9.17, 15) is 4.79 Å². The number of hydrogen-bond acceptors (Lipinski definition) is 6. The predicted molar refractivity (Wildman–Crippen MR) is 78.4 cm³/mol. The van der Waals surface area contributed by atoms with E-state index in [0.29, 0.717) is 18.1 Å². The Labute approximate surface area is 126 Å². The Bertz CT molecular complexity index is 621. The normalized spacial score (nSPS) is 17.9. The van der Waals surface area contributed by atoms with Gasteiger partial charge in [-0.25, -0.2) is 0 Å². The molecule has 0 saturated carbocycles. The van der Waals surface area contributed by atoms with Crippen LogP contribution in [0.2, 0.25) is 0 Å². The lowest BCUT2D eigenvalue weighted by molar-refractivity contribution is 0.0893. The molecule has 1 atom stereocenters. The summed E-state index contributed by atoms with van der Waals surface area (Å²) in [6.07, 6.45) is 3.69. The van der Waals surface area contributed by atoms with Gasteiger partial charge >= 0.3 is 6.01 Å². The third-order valence-electron chi connectivity index (χ3n) is 3.22. The fourth-order valence-electron chi connectivity index (χ4n) is 2.10. The standard InChI is InChI=1S/C14H15N3O3S/c1-21-10-6-4-9(5-7-10)12(18)15-14-17-16-13(20-14)11-3-2-8-19-11/h4-7,11H,2-3,8H2,1H3,(H,15,17,18). The highest BCUT2D eigenvalue weighted by atomic mass is 32.2. The summed E-state index contributed by atoms with van der Waals surface area (Å²) in [6.45, 7) is 0.705. The summed E-state index contributed by atoms with van der Waals surface area (Å²) in [6, 6.07) is 7.41. The van der Waals surface area contributed by atoms with Crippen LogP contribution in [0.25, 0.3) is 0 Å². The van der Waals surface area contributed by atoms with Gasteiger partial charge in [-0.1, -0.05) is 5.10 Å². The Kier molecular flexibility index (Phi) is 4.21. The minimum atomic E-state index is -0.273. The largest absolute Gasteiger partial charge is 0.405 e. The number of anilines is 1. The van der Waals surface area contributed by atoms with Crippen LogP contribution in [0.4, 0.5) is 6.01 Å². The van der Waals surface area contributed by atoms with Crippen LogP contribution in [0, 0.1) is 0 Å². The summed E-state index contributed by atoms with van der Waals surface area (Å²) in [5, 5.41) is 10.3. The third kappa shape index (κ3) is 3.25. The molecule has 1 aliphatic heterocycles. The first kappa shape index (κ1) is 14.1.